The van der Waals surface area contributed by atoms with Gasteiger partial charge in [0.1, 0.15) is 11.2 Å². The van der Waals surface area contributed by atoms with Crippen molar-refractivity contribution >= 4 is 17.5 Å². The van der Waals surface area contributed by atoms with Gasteiger partial charge in [-0.2, -0.15) is 5.26 Å². The first-order valence-corrected chi connectivity index (χ1v) is 6.38. The zero-order chi connectivity index (χ0) is 13.0. The number of amides is 1. The topological polar surface area (TPSA) is 65.8 Å². The quantitative estimate of drug-likeness (QED) is 0.892. The van der Waals surface area contributed by atoms with E-state index in [1.54, 1.807) is 12.1 Å². The molecule has 1 fully saturated rings. The van der Waals surface area contributed by atoms with E-state index in [0.29, 0.717) is 23.6 Å². The third kappa shape index (κ3) is 2.80. The lowest BCUT2D eigenvalue weighted by Crippen LogP contribution is -2.48. The van der Waals surface area contributed by atoms with E-state index in [-0.39, 0.29) is 5.91 Å². The zero-order valence-electron chi connectivity index (χ0n) is 9.95. The lowest BCUT2D eigenvalue weighted by molar-refractivity contribution is 0.0897. The molecule has 0 aromatic carbocycles. The molecule has 1 aliphatic carbocycles. The minimum Gasteiger partial charge on any atom is -0.332 e. The number of carbonyl (C=O) groups is 1. The smallest absolute Gasteiger partial charge is 0.271 e. The fourth-order valence-corrected chi connectivity index (χ4v) is 2.32. The van der Waals surface area contributed by atoms with Crippen molar-refractivity contribution in [3.63, 3.8) is 0 Å². The van der Waals surface area contributed by atoms with E-state index in [1.165, 1.54) is 6.20 Å². The SMILES string of the molecule is N#CC1(NC(=O)c2ccc(Cl)cn2)CCCCC1. The molecule has 0 saturated heterocycles. The third-order valence-electron chi connectivity index (χ3n) is 3.23. The number of aromatic nitrogens is 1. The Kier molecular flexibility index (Phi) is 3.83. The van der Waals surface area contributed by atoms with Crippen LogP contribution in [0, 0.1) is 11.3 Å². The van der Waals surface area contributed by atoms with Crippen LogP contribution in [0.3, 0.4) is 0 Å². The van der Waals surface area contributed by atoms with Crippen molar-refractivity contribution in [3.05, 3.63) is 29.0 Å². The molecule has 18 heavy (non-hydrogen) atoms. The van der Waals surface area contributed by atoms with Crippen molar-refractivity contribution < 1.29 is 4.79 Å². The molecule has 1 N–H and O–H groups in total. The normalized spacial score (nSPS) is 17.8. The summed E-state index contributed by atoms with van der Waals surface area (Å²) in [5.41, 5.74) is -0.434. The Morgan fingerprint density at radius 1 is 1.39 bits per heavy atom. The summed E-state index contributed by atoms with van der Waals surface area (Å²) in [4.78, 5) is 16.0. The van der Waals surface area contributed by atoms with Crippen LogP contribution in [0.2, 0.25) is 5.02 Å². The molecule has 0 radical (unpaired) electrons. The van der Waals surface area contributed by atoms with Crippen LogP contribution in [0.1, 0.15) is 42.6 Å². The molecule has 0 atom stereocenters. The Bertz CT molecular complexity index is 472. The predicted molar refractivity (Wildman–Crippen MR) is 68.1 cm³/mol. The zero-order valence-corrected chi connectivity index (χ0v) is 10.7. The highest BCUT2D eigenvalue weighted by Crippen LogP contribution is 2.27. The average molecular weight is 264 g/mol. The van der Waals surface area contributed by atoms with Crippen LogP contribution in [0.25, 0.3) is 0 Å². The molecular weight excluding hydrogens is 250 g/mol. The molecule has 1 aliphatic rings. The fourth-order valence-electron chi connectivity index (χ4n) is 2.21. The van der Waals surface area contributed by atoms with Gasteiger partial charge in [0.2, 0.25) is 0 Å². The molecule has 94 valence electrons. The molecule has 4 nitrogen and oxygen atoms in total. The highest BCUT2D eigenvalue weighted by Gasteiger charge is 2.34. The van der Waals surface area contributed by atoms with Gasteiger partial charge in [0.25, 0.3) is 5.91 Å². The average Bonchev–Trinajstić information content (AvgIpc) is 2.40. The standard InChI is InChI=1S/C13H14ClN3O/c14-10-4-5-11(16-8-10)12(18)17-13(9-15)6-2-1-3-7-13/h4-5,8H,1-3,6-7H2,(H,17,18). The monoisotopic (exact) mass is 263 g/mol. The second-order valence-corrected chi connectivity index (χ2v) is 5.01. The summed E-state index contributed by atoms with van der Waals surface area (Å²) in [6.45, 7) is 0. The Morgan fingerprint density at radius 2 is 2.11 bits per heavy atom. The summed E-state index contributed by atoms with van der Waals surface area (Å²) < 4.78 is 0. The molecule has 1 amide bonds. The predicted octanol–water partition coefficient (Wildman–Crippen LogP) is 2.69. The van der Waals surface area contributed by atoms with Crippen LogP contribution in [-0.2, 0) is 0 Å². The van der Waals surface area contributed by atoms with Gasteiger partial charge >= 0.3 is 0 Å². The lowest BCUT2D eigenvalue weighted by atomic mass is 9.83. The first-order valence-electron chi connectivity index (χ1n) is 6.00. The second kappa shape index (κ2) is 5.36. The number of hydrogen-bond donors (Lipinski definition) is 1. The summed E-state index contributed by atoms with van der Waals surface area (Å²) in [6, 6.07) is 5.42. The Hall–Kier alpha value is -1.60. The molecule has 5 heteroatoms. The number of nitrogens with zero attached hydrogens (tertiary/aromatic N) is 2. The van der Waals surface area contributed by atoms with Crippen molar-refractivity contribution in [1.82, 2.24) is 10.3 Å². The maximum atomic E-state index is 12.0. The van der Waals surface area contributed by atoms with Crippen molar-refractivity contribution in [1.29, 1.82) is 5.26 Å². The van der Waals surface area contributed by atoms with Gasteiger partial charge < -0.3 is 5.32 Å². The molecule has 0 bridgehead atoms. The van der Waals surface area contributed by atoms with Crippen LogP contribution in [-0.4, -0.2) is 16.4 Å². The highest BCUT2D eigenvalue weighted by molar-refractivity contribution is 6.30. The summed E-state index contributed by atoms with van der Waals surface area (Å²) in [5, 5.41) is 12.6. The van der Waals surface area contributed by atoms with Gasteiger partial charge in [-0.05, 0) is 25.0 Å². The van der Waals surface area contributed by atoms with E-state index < -0.39 is 5.54 Å². The van der Waals surface area contributed by atoms with Crippen molar-refractivity contribution in [2.75, 3.05) is 0 Å². The van der Waals surface area contributed by atoms with E-state index in [1.807, 2.05) is 0 Å². The van der Waals surface area contributed by atoms with E-state index in [2.05, 4.69) is 16.4 Å². The Labute approximate surface area is 111 Å². The van der Waals surface area contributed by atoms with Gasteiger partial charge in [-0.25, -0.2) is 4.98 Å². The van der Waals surface area contributed by atoms with Crippen molar-refractivity contribution in [2.24, 2.45) is 0 Å². The molecule has 0 spiro atoms. The maximum Gasteiger partial charge on any atom is 0.271 e. The lowest BCUT2D eigenvalue weighted by Gasteiger charge is -2.31. The number of halogens is 1. The second-order valence-electron chi connectivity index (χ2n) is 4.57. The molecule has 1 heterocycles. The Morgan fingerprint density at radius 3 is 2.67 bits per heavy atom. The van der Waals surface area contributed by atoms with Crippen LogP contribution < -0.4 is 5.32 Å². The van der Waals surface area contributed by atoms with Gasteiger partial charge in [-0.3, -0.25) is 4.79 Å². The third-order valence-corrected chi connectivity index (χ3v) is 3.46. The number of pyridine rings is 1. The van der Waals surface area contributed by atoms with Gasteiger partial charge in [0, 0.05) is 6.20 Å². The van der Waals surface area contributed by atoms with Gasteiger partial charge in [-0.1, -0.05) is 30.9 Å². The largest absolute Gasteiger partial charge is 0.332 e. The first kappa shape index (κ1) is 12.8. The van der Waals surface area contributed by atoms with E-state index in [0.717, 1.165) is 19.3 Å². The van der Waals surface area contributed by atoms with Crippen LogP contribution in [0.5, 0.6) is 0 Å². The van der Waals surface area contributed by atoms with Crippen molar-refractivity contribution in [2.45, 2.75) is 37.6 Å². The first-order chi connectivity index (χ1) is 8.65. The number of carbonyl (C=O) groups excluding carboxylic acids is 1. The van der Waals surface area contributed by atoms with Crippen LogP contribution in [0.4, 0.5) is 0 Å². The molecule has 0 unspecified atom stereocenters. The molecule has 1 saturated carbocycles. The van der Waals surface area contributed by atoms with E-state index in [9.17, 15) is 10.1 Å². The number of hydrogen-bond acceptors (Lipinski definition) is 3. The van der Waals surface area contributed by atoms with Gasteiger partial charge in [-0.15, -0.1) is 0 Å². The molecule has 1 aromatic heterocycles. The fraction of sp³-hybridized carbons (Fsp3) is 0.462. The minimum atomic E-state index is -0.726. The van der Waals surface area contributed by atoms with Gasteiger partial charge in [0.05, 0.1) is 11.1 Å². The van der Waals surface area contributed by atoms with E-state index >= 15 is 0 Å². The van der Waals surface area contributed by atoms with E-state index in [4.69, 9.17) is 11.6 Å². The highest BCUT2D eigenvalue weighted by atomic mass is 35.5. The molecule has 2 rings (SSSR count). The molecular formula is C13H14ClN3O. The minimum absolute atomic E-state index is 0.291. The summed E-state index contributed by atoms with van der Waals surface area (Å²) in [7, 11) is 0. The van der Waals surface area contributed by atoms with Gasteiger partial charge in [0.15, 0.2) is 0 Å². The van der Waals surface area contributed by atoms with Crippen molar-refractivity contribution in [3.8, 4) is 6.07 Å². The number of nitriles is 1. The van der Waals surface area contributed by atoms with Crippen LogP contribution in [0.15, 0.2) is 18.3 Å². The maximum absolute atomic E-state index is 12.0. The Balaban J connectivity index is 2.10. The number of rotatable bonds is 2. The molecule has 1 aromatic rings. The summed E-state index contributed by atoms with van der Waals surface area (Å²) in [5.74, 6) is -0.310. The summed E-state index contributed by atoms with van der Waals surface area (Å²) >= 11 is 5.72. The van der Waals surface area contributed by atoms with Crippen LogP contribution >= 0.6 is 11.6 Å². The molecule has 0 aliphatic heterocycles. The number of nitrogens with one attached hydrogen (secondary N) is 1. The summed E-state index contributed by atoms with van der Waals surface area (Å²) in [6.07, 6.45) is 5.92.